The van der Waals surface area contributed by atoms with E-state index in [9.17, 15) is 23.7 Å². The molecule has 6 nitrogen and oxygen atoms in total. The van der Waals surface area contributed by atoms with Gasteiger partial charge in [0, 0.05) is 0 Å². The molecular formula is C7H4F2N2O4. The van der Waals surface area contributed by atoms with E-state index in [1.165, 1.54) is 0 Å². The maximum atomic E-state index is 12.3. The lowest BCUT2D eigenvalue weighted by atomic mass is 10.2. The van der Waals surface area contributed by atoms with E-state index in [1.807, 2.05) is 0 Å². The molecule has 0 atom stereocenters. The number of aldehydes is 1. The molecule has 1 aromatic heterocycles. The molecule has 0 unspecified atom stereocenters. The molecule has 0 saturated carbocycles. The van der Waals surface area contributed by atoms with Crippen molar-refractivity contribution in [1.82, 2.24) is 4.98 Å². The van der Waals surface area contributed by atoms with E-state index in [2.05, 4.69) is 4.98 Å². The lowest BCUT2D eigenvalue weighted by Crippen LogP contribution is -2.03. The molecule has 0 spiro atoms. The van der Waals surface area contributed by atoms with Gasteiger partial charge >= 0.3 is 5.69 Å². The second-order valence-electron chi connectivity index (χ2n) is 2.47. The van der Waals surface area contributed by atoms with Crippen LogP contribution < -0.4 is 0 Å². The van der Waals surface area contributed by atoms with Gasteiger partial charge in [-0.05, 0) is 0 Å². The molecule has 0 radical (unpaired) electrons. The summed E-state index contributed by atoms with van der Waals surface area (Å²) in [6, 6.07) is 0. The second-order valence-corrected chi connectivity index (χ2v) is 2.47. The number of hydrogen-bond acceptors (Lipinski definition) is 5. The Kier molecular flexibility index (Phi) is 2.88. The van der Waals surface area contributed by atoms with Crippen LogP contribution in [-0.4, -0.2) is 21.3 Å². The Morgan fingerprint density at radius 3 is 2.60 bits per heavy atom. The Hall–Kier alpha value is -2.12. The maximum Gasteiger partial charge on any atom is 0.310 e. The minimum absolute atomic E-state index is 0.0684. The van der Waals surface area contributed by atoms with Gasteiger partial charge in [-0.2, -0.15) is 0 Å². The molecular weight excluding hydrogens is 214 g/mol. The van der Waals surface area contributed by atoms with E-state index in [0.29, 0.717) is 6.20 Å². The normalized spacial score (nSPS) is 10.3. The first-order valence-electron chi connectivity index (χ1n) is 3.58. The van der Waals surface area contributed by atoms with Crippen molar-refractivity contribution < 1.29 is 23.6 Å². The van der Waals surface area contributed by atoms with Crippen molar-refractivity contribution in [3.8, 4) is 5.75 Å². The molecule has 1 aromatic rings. The average molecular weight is 218 g/mol. The van der Waals surface area contributed by atoms with Crippen molar-refractivity contribution in [3.05, 3.63) is 27.6 Å². The van der Waals surface area contributed by atoms with Crippen LogP contribution in [0.1, 0.15) is 22.5 Å². The van der Waals surface area contributed by atoms with Crippen molar-refractivity contribution in [2.45, 2.75) is 6.43 Å². The SMILES string of the molecule is O=Cc1c(O)cnc(C(F)F)c1[N+](=O)[O-]. The zero-order valence-electron chi connectivity index (χ0n) is 7.05. The fourth-order valence-electron chi connectivity index (χ4n) is 0.988. The summed E-state index contributed by atoms with van der Waals surface area (Å²) in [6.45, 7) is 0. The van der Waals surface area contributed by atoms with Crippen molar-refractivity contribution >= 4 is 12.0 Å². The van der Waals surface area contributed by atoms with Gasteiger partial charge in [0.2, 0.25) is 0 Å². The quantitative estimate of drug-likeness (QED) is 0.470. The number of aromatic hydroxyl groups is 1. The van der Waals surface area contributed by atoms with Crippen molar-refractivity contribution in [3.63, 3.8) is 0 Å². The number of alkyl halides is 2. The van der Waals surface area contributed by atoms with Crippen LogP contribution in [0.15, 0.2) is 6.20 Å². The third kappa shape index (κ3) is 1.87. The Morgan fingerprint density at radius 2 is 2.20 bits per heavy atom. The Bertz CT molecular complexity index is 422. The number of pyridine rings is 1. The topological polar surface area (TPSA) is 93.3 Å². The number of halogens is 2. The van der Waals surface area contributed by atoms with E-state index in [-0.39, 0.29) is 6.29 Å². The maximum absolute atomic E-state index is 12.3. The second kappa shape index (κ2) is 3.95. The number of carbonyl (C=O) groups excluding carboxylic acids is 1. The zero-order chi connectivity index (χ0) is 11.6. The fourth-order valence-corrected chi connectivity index (χ4v) is 0.988. The van der Waals surface area contributed by atoms with E-state index < -0.39 is 34.0 Å². The van der Waals surface area contributed by atoms with Gasteiger partial charge in [-0.25, -0.2) is 13.8 Å². The molecule has 0 aliphatic heterocycles. The molecule has 0 fully saturated rings. The van der Waals surface area contributed by atoms with Crippen LogP contribution in [0.4, 0.5) is 14.5 Å². The summed E-state index contributed by atoms with van der Waals surface area (Å²) in [5.74, 6) is -0.805. The van der Waals surface area contributed by atoms with Crippen LogP contribution in [0.5, 0.6) is 5.75 Å². The highest BCUT2D eigenvalue weighted by Gasteiger charge is 2.29. The van der Waals surface area contributed by atoms with Crippen LogP contribution in [0, 0.1) is 10.1 Å². The molecule has 0 saturated heterocycles. The molecule has 1 heterocycles. The summed E-state index contributed by atoms with van der Waals surface area (Å²) < 4.78 is 24.5. The van der Waals surface area contributed by atoms with Gasteiger partial charge in [-0.1, -0.05) is 0 Å². The zero-order valence-corrected chi connectivity index (χ0v) is 7.05. The average Bonchev–Trinajstić information content (AvgIpc) is 2.16. The number of rotatable bonds is 3. The third-order valence-electron chi connectivity index (χ3n) is 1.61. The molecule has 15 heavy (non-hydrogen) atoms. The number of aromatic nitrogens is 1. The molecule has 80 valence electrons. The molecule has 0 aliphatic rings. The lowest BCUT2D eigenvalue weighted by molar-refractivity contribution is -0.386. The predicted octanol–water partition coefficient (Wildman–Crippen LogP) is 1.45. The molecule has 1 N–H and O–H groups in total. The van der Waals surface area contributed by atoms with E-state index in [1.54, 1.807) is 0 Å². The fraction of sp³-hybridized carbons (Fsp3) is 0.143. The van der Waals surface area contributed by atoms with Crippen molar-refractivity contribution in [2.75, 3.05) is 0 Å². The lowest BCUT2D eigenvalue weighted by Gasteiger charge is -2.03. The van der Waals surface area contributed by atoms with Crippen LogP contribution in [0.2, 0.25) is 0 Å². The summed E-state index contributed by atoms with van der Waals surface area (Å²) in [5, 5.41) is 19.4. The molecule has 1 rings (SSSR count). The summed E-state index contributed by atoms with van der Waals surface area (Å²) in [4.78, 5) is 22.6. The van der Waals surface area contributed by atoms with Gasteiger partial charge in [-0.15, -0.1) is 0 Å². The van der Waals surface area contributed by atoms with Gasteiger partial charge in [0.1, 0.15) is 5.56 Å². The van der Waals surface area contributed by atoms with E-state index >= 15 is 0 Å². The standard InChI is InChI=1S/C7H4F2N2O4/c8-7(9)5-6(11(14)15)3(2-12)4(13)1-10-5/h1-2,7,13H. The number of nitro groups is 1. The van der Waals surface area contributed by atoms with Gasteiger partial charge in [0.15, 0.2) is 17.7 Å². The molecule has 0 bridgehead atoms. The molecule has 0 aliphatic carbocycles. The highest BCUT2D eigenvalue weighted by Crippen LogP contribution is 2.33. The van der Waals surface area contributed by atoms with Crippen LogP contribution in [0.3, 0.4) is 0 Å². The first-order chi connectivity index (χ1) is 6.99. The summed E-state index contributed by atoms with van der Waals surface area (Å²) in [7, 11) is 0. The Labute approximate surface area is 81.3 Å². The summed E-state index contributed by atoms with van der Waals surface area (Å²) in [5.41, 5.74) is -3.11. The van der Waals surface area contributed by atoms with Gasteiger partial charge in [0.25, 0.3) is 6.43 Å². The smallest absolute Gasteiger partial charge is 0.310 e. The van der Waals surface area contributed by atoms with Gasteiger partial charge < -0.3 is 5.11 Å². The first-order valence-corrected chi connectivity index (χ1v) is 3.58. The van der Waals surface area contributed by atoms with Crippen LogP contribution >= 0.6 is 0 Å². The first kappa shape index (κ1) is 11.0. The third-order valence-corrected chi connectivity index (χ3v) is 1.61. The van der Waals surface area contributed by atoms with E-state index in [4.69, 9.17) is 5.11 Å². The predicted molar refractivity (Wildman–Crippen MR) is 42.9 cm³/mol. The van der Waals surface area contributed by atoms with Crippen molar-refractivity contribution in [2.24, 2.45) is 0 Å². The Morgan fingerprint density at radius 1 is 1.60 bits per heavy atom. The van der Waals surface area contributed by atoms with Gasteiger partial charge in [-0.3, -0.25) is 14.9 Å². The monoisotopic (exact) mass is 218 g/mol. The minimum Gasteiger partial charge on any atom is -0.505 e. The van der Waals surface area contributed by atoms with Crippen LogP contribution in [0.25, 0.3) is 0 Å². The minimum atomic E-state index is -3.19. The molecule has 0 aromatic carbocycles. The highest BCUT2D eigenvalue weighted by atomic mass is 19.3. The summed E-state index contributed by atoms with van der Waals surface area (Å²) >= 11 is 0. The number of hydrogen-bond donors (Lipinski definition) is 1. The van der Waals surface area contributed by atoms with Crippen molar-refractivity contribution in [1.29, 1.82) is 0 Å². The number of nitrogens with zero attached hydrogens (tertiary/aromatic N) is 2. The highest BCUT2D eigenvalue weighted by molar-refractivity contribution is 5.85. The number of carbonyl (C=O) groups is 1. The van der Waals surface area contributed by atoms with E-state index in [0.717, 1.165) is 0 Å². The Balaban J connectivity index is 3.56. The largest absolute Gasteiger partial charge is 0.505 e. The summed E-state index contributed by atoms with van der Waals surface area (Å²) in [6.07, 6.45) is -2.69. The molecule has 0 amide bonds. The molecule has 8 heteroatoms. The van der Waals surface area contributed by atoms with Gasteiger partial charge in [0.05, 0.1) is 11.1 Å². The van der Waals surface area contributed by atoms with Crippen LogP contribution in [-0.2, 0) is 0 Å².